The lowest BCUT2D eigenvalue weighted by Crippen LogP contribution is -2.30. The molecule has 0 aromatic heterocycles. The first-order valence-electron chi connectivity index (χ1n) is 9.96. The van der Waals surface area contributed by atoms with Crippen LogP contribution in [0.3, 0.4) is 0 Å². The fourth-order valence-corrected chi connectivity index (χ4v) is 4.23. The third kappa shape index (κ3) is 4.47. The van der Waals surface area contributed by atoms with Crippen molar-refractivity contribution in [1.82, 2.24) is 4.90 Å². The van der Waals surface area contributed by atoms with Crippen molar-refractivity contribution in [2.75, 3.05) is 0 Å². The number of halogens is 2. The van der Waals surface area contributed by atoms with Crippen LogP contribution < -0.4 is 0 Å². The van der Waals surface area contributed by atoms with Crippen molar-refractivity contribution in [2.45, 2.75) is 12.6 Å². The Morgan fingerprint density at radius 2 is 1.62 bits per heavy atom. The summed E-state index contributed by atoms with van der Waals surface area (Å²) in [5.74, 6) is -1.66. The van der Waals surface area contributed by atoms with Crippen LogP contribution in [0.2, 0.25) is 10.0 Å². The highest BCUT2D eigenvalue weighted by atomic mass is 35.5. The van der Waals surface area contributed by atoms with E-state index in [4.69, 9.17) is 23.2 Å². The molecular weight excluding hydrogens is 445 g/mol. The Morgan fingerprint density at radius 1 is 0.969 bits per heavy atom. The van der Waals surface area contributed by atoms with Gasteiger partial charge in [0.1, 0.15) is 0 Å². The summed E-state index contributed by atoms with van der Waals surface area (Å²) < 4.78 is 0. The molecule has 0 saturated heterocycles. The average Bonchev–Trinajstić information content (AvgIpc) is 3.04. The summed E-state index contributed by atoms with van der Waals surface area (Å²) in [5, 5.41) is 11.5. The molecule has 1 atom stereocenters. The van der Waals surface area contributed by atoms with E-state index < -0.39 is 23.5 Å². The molecule has 3 aromatic carbocycles. The number of nitrogens with zero attached hydrogens (tertiary/aromatic N) is 1. The van der Waals surface area contributed by atoms with Crippen LogP contribution in [0.4, 0.5) is 0 Å². The van der Waals surface area contributed by atoms with Gasteiger partial charge in [0.05, 0.1) is 11.6 Å². The van der Waals surface area contributed by atoms with Crippen molar-refractivity contribution in [3.05, 3.63) is 123 Å². The first kappa shape index (κ1) is 21.9. The molecule has 0 bridgehead atoms. The summed E-state index contributed by atoms with van der Waals surface area (Å²) in [6.45, 7) is 0.201. The van der Waals surface area contributed by atoms with Gasteiger partial charge in [0.15, 0.2) is 11.5 Å². The standard InChI is InChI=1S/C26H19Cl2NO3/c27-19-12-13-20(21(28)15-19)24-23(22(30)14-11-17-7-3-1-4-8-17)25(31)26(32)29(24)16-18-9-5-2-6-10-18/h1-15,24,31H,16H2/b14-11+. The molecule has 0 fully saturated rings. The molecule has 1 N–H and O–H groups in total. The Labute approximate surface area is 196 Å². The Bertz CT molecular complexity index is 1220. The molecule has 0 radical (unpaired) electrons. The highest BCUT2D eigenvalue weighted by Crippen LogP contribution is 2.42. The molecule has 32 heavy (non-hydrogen) atoms. The maximum absolute atomic E-state index is 13.2. The molecule has 1 amide bonds. The molecule has 0 spiro atoms. The summed E-state index contributed by atoms with van der Waals surface area (Å²) in [7, 11) is 0. The Kier molecular flexibility index (Phi) is 6.45. The van der Waals surface area contributed by atoms with Gasteiger partial charge in [-0.05, 0) is 34.9 Å². The molecule has 1 unspecified atom stereocenters. The van der Waals surface area contributed by atoms with Crippen molar-refractivity contribution in [3.63, 3.8) is 0 Å². The molecule has 1 heterocycles. The highest BCUT2D eigenvalue weighted by molar-refractivity contribution is 6.35. The smallest absolute Gasteiger partial charge is 0.290 e. The number of ketones is 1. The van der Waals surface area contributed by atoms with Crippen LogP contribution >= 0.6 is 23.2 Å². The van der Waals surface area contributed by atoms with E-state index in [1.165, 1.54) is 11.0 Å². The summed E-state index contributed by atoms with van der Waals surface area (Å²) in [6, 6.07) is 22.7. The van der Waals surface area contributed by atoms with Gasteiger partial charge < -0.3 is 10.0 Å². The molecule has 1 aliphatic rings. The van der Waals surface area contributed by atoms with Gasteiger partial charge in [0, 0.05) is 16.6 Å². The number of hydrogen-bond acceptors (Lipinski definition) is 3. The van der Waals surface area contributed by atoms with E-state index in [0.29, 0.717) is 15.6 Å². The van der Waals surface area contributed by atoms with E-state index in [9.17, 15) is 14.7 Å². The number of carbonyl (C=O) groups excluding carboxylic acids is 2. The number of aliphatic hydroxyl groups is 1. The van der Waals surface area contributed by atoms with Crippen molar-refractivity contribution < 1.29 is 14.7 Å². The van der Waals surface area contributed by atoms with Crippen molar-refractivity contribution in [1.29, 1.82) is 0 Å². The summed E-state index contributed by atoms with van der Waals surface area (Å²) in [5.41, 5.74) is 2.19. The first-order chi connectivity index (χ1) is 15.5. The molecule has 3 aromatic rings. The normalized spacial score (nSPS) is 16.2. The van der Waals surface area contributed by atoms with Crippen molar-refractivity contribution in [2.24, 2.45) is 0 Å². The van der Waals surface area contributed by atoms with Crippen molar-refractivity contribution >= 4 is 41.0 Å². The Hall–Kier alpha value is -3.34. The molecule has 4 nitrogen and oxygen atoms in total. The second-order valence-electron chi connectivity index (χ2n) is 7.36. The molecule has 0 saturated carbocycles. The zero-order valence-corrected chi connectivity index (χ0v) is 18.4. The largest absolute Gasteiger partial charge is 0.503 e. The molecule has 160 valence electrons. The Balaban J connectivity index is 1.76. The third-order valence-electron chi connectivity index (χ3n) is 5.25. The Morgan fingerprint density at radius 3 is 2.28 bits per heavy atom. The van der Waals surface area contributed by atoms with Crippen LogP contribution in [0.25, 0.3) is 6.08 Å². The third-order valence-corrected chi connectivity index (χ3v) is 5.81. The van der Waals surface area contributed by atoms with Gasteiger partial charge in [-0.3, -0.25) is 9.59 Å². The van der Waals surface area contributed by atoms with E-state index in [1.807, 2.05) is 60.7 Å². The van der Waals surface area contributed by atoms with Gasteiger partial charge >= 0.3 is 0 Å². The van der Waals surface area contributed by atoms with Crippen LogP contribution in [0.15, 0.2) is 96.3 Å². The number of allylic oxidation sites excluding steroid dienone is 1. The monoisotopic (exact) mass is 463 g/mol. The fourth-order valence-electron chi connectivity index (χ4n) is 3.72. The van der Waals surface area contributed by atoms with Crippen LogP contribution in [-0.4, -0.2) is 21.7 Å². The van der Waals surface area contributed by atoms with Crippen LogP contribution in [-0.2, 0) is 16.1 Å². The van der Waals surface area contributed by atoms with Crippen molar-refractivity contribution in [3.8, 4) is 0 Å². The van der Waals surface area contributed by atoms with E-state index in [1.54, 1.807) is 24.3 Å². The lowest BCUT2D eigenvalue weighted by atomic mass is 9.95. The number of carbonyl (C=O) groups is 2. The minimum absolute atomic E-state index is 0.0117. The molecule has 0 aliphatic carbocycles. The van der Waals surface area contributed by atoms with Crippen LogP contribution in [0, 0.1) is 0 Å². The molecule has 1 aliphatic heterocycles. The predicted molar refractivity (Wildman–Crippen MR) is 126 cm³/mol. The lowest BCUT2D eigenvalue weighted by molar-refractivity contribution is -0.130. The lowest BCUT2D eigenvalue weighted by Gasteiger charge is -2.27. The first-order valence-corrected chi connectivity index (χ1v) is 10.7. The SMILES string of the molecule is O=C(/C=C/c1ccccc1)C1=C(O)C(=O)N(Cc2ccccc2)C1c1ccc(Cl)cc1Cl. The second kappa shape index (κ2) is 9.43. The van der Waals surface area contributed by atoms with Gasteiger partial charge in [0.25, 0.3) is 5.91 Å². The van der Waals surface area contributed by atoms with E-state index in [-0.39, 0.29) is 12.1 Å². The van der Waals surface area contributed by atoms with Gasteiger partial charge in [-0.25, -0.2) is 0 Å². The van der Waals surface area contributed by atoms with Crippen LogP contribution in [0.5, 0.6) is 0 Å². The molecule has 6 heteroatoms. The van der Waals surface area contributed by atoms with E-state index in [2.05, 4.69) is 0 Å². The van der Waals surface area contributed by atoms with Gasteiger partial charge in [-0.1, -0.05) is 96.0 Å². The molecule has 4 rings (SSSR count). The summed E-state index contributed by atoms with van der Waals surface area (Å²) >= 11 is 12.5. The number of aliphatic hydroxyl groups excluding tert-OH is 1. The quantitative estimate of drug-likeness (QED) is 0.444. The molecular formula is C26H19Cl2NO3. The van der Waals surface area contributed by atoms with Crippen LogP contribution in [0.1, 0.15) is 22.7 Å². The summed E-state index contributed by atoms with van der Waals surface area (Å²) in [4.78, 5) is 27.7. The highest BCUT2D eigenvalue weighted by Gasteiger charge is 2.43. The topological polar surface area (TPSA) is 57.6 Å². The van der Waals surface area contributed by atoms with Gasteiger partial charge in [0.2, 0.25) is 0 Å². The zero-order chi connectivity index (χ0) is 22.7. The minimum atomic E-state index is -0.847. The number of amides is 1. The number of hydrogen-bond donors (Lipinski definition) is 1. The number of benzene rings is 3. The average molecular weight is 464 g/mol. The van der Waals surface area contributed by atoms with E-state index >= 15 is 0 Å². The van der Waals surface area contributed by atoms with Gasteiger partial charge in [-0.15, -0.1) is 0 Å². The predicted octanol–water partition coefficient (Wildman–Crippen LogP) is 6.17. The maximum Gasteiger partial charge on any atom is 0.290 e. The van der Waals surface area contributed by atoms with Gasteiger partial charge in [-0.2, -0.15) is 0 Å². The van der Waals surface area contributed by atoms with E-state index in [0.717, 1.165) is 11.1 Å². The number of rotatable bonds is 6. The zero-order valence-electron chi connectivity index (χ0n) is 16.9. The fraction of sp³-hybridized carbons (Fsp3) is 0.0769. The summed E-state index contributed by atoms with van der Waals surface area (Å²) in [6.07, 6.45) is 3.00. The second-order valence-corrected chi connectivity index (χ2v) is 8.20. The maximum atomic E-state index is 13.2. The minimum Gasteiger partial charge on any atom is -0.503 e.